The number of unbranched alkanes of at least 4 members (excludes halogenated alkanes) is 28. The van der Waals surface area contributed by atoms with Crippen LogP contribution in [0.1, 0.15) is 226 Å². The van der Waals surface area contributed by atoms with Gasteiger partial charge in [-0.2, -0.15) is 0 Å². The van der Waals surface area contributed by atoms with Crippen LogP contribution >= 0.6 is 7.82 Å². The standard InChI is InChI=1S/C43H83O8P/c1-4-6-8-10-12-14-16-18-20-22-24-25-27-29-31-33-35-37-42(44)49-39-41(40-50-52(46,47)48-3)51-43(45)38-36-34-32-30-28-26-23-21-19-17-15-13-11-9-7-5-2/h21,23,41H,4-20,22,24-40H2,1-3H3,(H,46,47)/b23-21-. The summed E-state index contributed by atoms with van der Waals surface area (Å²) in [7, 11) is -3.19. The van der Waals surface area contributed by atoms with E-state index >= 15 is 0 Å². The van der Waals surface area contributed by atoms with Gasteiger partial charge in [-0.1, -0.05) is 187 Å². The highest BCUT2D eigenvalue weighted by molar-refractivity contribution is 7.47. The second-order valence-electron chi connectivity index (χ2n) is 14.8. The van der Waals surface area contributed by atoms with Crippen LogP contribution in [0.25, 0.3) is 0 Å². The summed E-state index contributed by atoms with van der Waals surface area (Å²) in [4.78, 5) is 34.5. The molecule has 52 heavy (non-hydrogen) atoms. The molecule has 2 unspecified atom stereocenters. The Labute approximate surface area is 320 Å². The van der Waals surface area contributed by atoms with Gasteiger partial charge in [-0.15, -0.1) is 0 Å². The van der Waals surface area contributed by atoms with Crippen LogP contribution in [-0.4, -0.2) is 43.3 Å². The Hall–Kier alpha value is -1.21. The normalized spacial score (nSPS) is 13.4. The first-order valence-electron chi connectivity index (χ1n) is 21.9. The van der Waals surface area contributed by atoms with E-state index in [2.05, 4.69) is 30.5 Å². The van der Waals surface area contributed by atoms with E-state index in [1.165, 1.54) is 141 Å². The van der Waals surface area contributed by atoms with E-state index in [1.54, 1.807) is 0 Å². The van der Waals surface area contributed by atoms with Gasteiger partial charge in [-0.05, 0) is 38.5 Å². The number of hydrogen-bond acceptors (Lipinski definition) is 7. The molecule has 0 rings (SSSR count). The summed E-state index contributed by atoms with van der Waals surface area (Å²) < 4.78 is 32.0. The third-order valence-electron chi connectivity index (χ3n) is 9.76. The molecule has 0 saturated heterocycles. The summed E-state index contributed by atoms with van der Waals surface area (Å²) in [6.45, 7) is 3.90. The molecule has 0 aliphatic heterocycles. The second-order valence-corrected chi connectivity index (χ2v) is 16.4. The molecule has 0 fully saturated rings. The molecule has 0 aromatic heterocycles. The van der Waals surface area contributed by atoms with Gasteiger partial charge in [0.05, 0.1) is 6.61 Å². The smallest absolute Gasteiger partial charge is 0.462 e. The minimum Gasteiger partial charge on any atom is -0.462 e. The van der Waals surface area contributed by atoms with Crippen LogP contribution in [-0.2, 0) is 32.7 Å². The van der Waals surface area contributed by atoms with E-state index < -0.39 is 26.5 Å². The van der Waals surface area contributed by atoms with Crippen molar-refractivity contribution in [2.45, 2.75) is 232 Å². The molecule has 9 heteroatoms. The van der Waals surface area contributed by atoms with E-state index in [9.17, 15) is 19.0 Å². The summed E-state index contributed by atoms with van der Waals surface area (Å²) in [5.74, 6) is -0.801. The van der Waals surface area contributed by atoms with Crippen LogP contribution in [0.4, 0.5) is 0 Å². The zero-order valence-corrected chi connectivity index (χ0v) is 35.1. The quantitative estimate of drug-likeness (QED) is 0.0284. The Morgan fingerprint density at radius 2 is 0.865 bits per heavy atom. The van der Waals surface area contributed by atoms with Crippen LogP contribution in [0.15, 0.2) is 12.2 Å². The highest BCUT2D eigenvalue weighted by Gasteiger charge is 2.24. The predicted octanol–water partition coefficient (Wildman–Crippen LogP) is 13.7. The second kappa shape index (κ2) is 39.5. The lowest BCUT2D eigenvalue weighted by Crippen LogP contribution is -2.29. The van der Waals surface area contributed by atoms with Gasteiger partial charge in [-0.3, -0.25) is 18.6 Å². The van der Waals surface area contributed by atoms with Gasteiger partial charge in [0.25, 0.3) is 0 Å². The lowest BCUT2D eigenvalue weighted by Gasteiger charge is -2.19. The molecular weight excluding hydrogens is 675 g/mol. The average molecular weight is 759 g/mol. The third-order valence-corrected chi connectivity index (χ3v) is 10.7. The zero-order chi connectivity index (χ0) is 38.2. The van der Waals surface area contributed by atoms with Gasteiger partial charge in [0.15, 0.2) is 6.10 Å². The molecule has 0 amide bonds. The summed E-state index contributed by atoms with van der Waals surface area (Å²) in [5.41, 5.74) is 0. The van der Waals surface area contributed by atoms with Crippen molar-refractivity contribution in [3.63, 3.8) is 0 Å². The van der Waals surface area contributed by atoms with Crippen molar-refractivity contribution in [3.8, 4) is 0 Å². The van der Waals surface area contributed by atoms with Crippen LogP contribution < -0.4 is 0 Å². The molecule has 0 saturated carbocycles. The highest BCUT2D eigenvalue weighted by Crippen LogP contribution is 2.42. The van der Waals surface area contributed by atoms with Crippen LogP contribution in [0.3, 0.4) is 0 Å². The van der Waals surface area contributed by atoms with Gasteiger partial charge >= 0.3 is 19.8 Å². The summed E-state index contributed by atoms with van der Waals surface area (Å²) in [5, 5.41) is 0. The fourth-order valence-corrected chi connectivity index (χ4v) is 6.82. The molecule has 308 valence electrons. The Bertz CT molecular complexity index is 864. The van der Waals surface area contributed by atoms with Crippen molar-refractivity contribution >= 4 is 19.8 Å². The van der Waals surface area contributed by atoms with Crippen molar-refractivity contribution < 1.29 is 37.6 Å². The Morgan fingerprint density at radius 3 is 1.25 bits per heavy atom. The molecule has 0 aliphatic rings. The summed E-state index contributed by atoms with van der Waals surface area (Å²) in [6.07, 6.45) is 42.6. The molecule has 0 bridgehead atoms. The predicted molar refractivity (Wildman–Crippen MR) is 216 cm³/mol. The van der Waals surface area contributed by atoms with Crippen molar-refractivity contribution in [3.05, 3.63) is 12.2 Å². The van der Waals surface area contributed by atoms with Gasteiger partial charge in [0.1, 0.15) is 6.61 Å². The minimum atomic E-state index is -4.26. The van der Waals surface area contributed by atoms with Crippen molar-refractivity contribution in [1.82, 2.24) is 0 Å². The number of allylic oxidation sites excluding steroid dienone is 2. The maximum Gasteiger partial charge on any atom is 0.472 e. The zero-order valence-electron chi connectivity index (χ0n) is 34.2. The third kappa shape index (κ3) is 38.5. The number of carbonyl (C=O) groups excluding carboxylic acids is 2. The van der Waals surface area contributed by atoms with E-state index in [0.717, 1.165) is 58.5 Å². The molecule has 0 aliphatic carbocycles. The molecule has 0 radical (unpaired) electrons. The number of ether oxygens (including phenoxy) is 2. The average Bonchev–Trinajstić information content (AvgIpc) is 3.13. The Balaban J connectivity index is 3.96. The van der Waals surface area contributed by atoms with E-state index in [1.807, 2.05) is 0 Å². The van der Waals surface area contributed by atoms with E-state index in [4.69, 9.17) is 14.0 Å². The van der Waals surface area contributed by atoms with Gasteiger partial charge in [0, 0.05) is 20.0 Å². The maximum absolute atomic E-state index is 12.5. The van der Waals surface area contributed by atoms with E-state index in [0.29, 0.717) is 12.8 Å². The first kappa shape index (κ1) is 50.8. The molecule has 0 aromatic carbocycles. The van der Waals surface area contributed by atoms with Crippen LogP contribution in [0.2, 0.25) is 0 Å². The maximum atomic E-state index is 12.5. The fourth-order valence-electron chi connectivity index (χ4n) is 6.36. The number of rotatable bonds is 41. The number of esters is 2. The lowest BCUT2D eigenvalue weighted by atomic mass is 10.0. The van der Waals surface area contributed by atoms with Crippen molar-refractivity contribution in [1.29, 1.82) is 0 Å². The SMILES string of the molecule is CCCCCCCCC/C=C\CCCCCCCC(=O)OC(COC(=O)CCCCCCCCCCCCCCCCCCC)COP(=O)(O)OC. The van der Waals surface area contributed by atoms with Crippen molar-refractivity contribution in [2.24, 2.45) is 0 Å². The molecule has 0 heterocycles. The Morgan fingerprint density at radius 1 is 0.519 bits per heavy atom. The first-order chi connectivity index (χ1) is 25.3. The molecule has 0 aromatic rings. The summed E-state index contributed by atoms with van der Waals surface area (Å²) >= 11 is 0. The molecular formula is C43H83O8P. The van der Waals surface area contributed by atoms with E-state index in [-0.39, 0.29) is 19.0 Å². The first-order valence-corrected chi connectivity index (χ1v) is 23.4. The molecule has 0 spiro atoms. The summed E-state index contributed by atoms with van der Waals surface area (Å²) in [6, 6.07) is 0. The minimum absolute atomic E-state index is 0.222. The van der Waals surface area contributed by atoms with Gasteiger partial charge < -0.3 is 14.4 Å². The topological polar surface area (TPSA) is 108 Å². The highest BCUT2D eigenvalue weighted by atomic mass is 31.2. The monoisotopic (exact) mass is 759 g/mol. The number of carbonyl (C=O) groups is 2. The van der Waals surface area contributed by atoms with Crippen LogP contribution in [0.5, 0.6) is 0 Å². The number of hydrogen-bond donors (Lipinski definition) is 1. The van der Waals surface area contributed by atoms with Gasteiger partial charge in [-0.25, -0.2) is 4.57 Å². The Kier molecular flexibility index (Phi) is 38.6. The molecule has 1 N–H and O–H groups in total. The van der Waals surface area contributed by atoms with Crippen molar-refractivity contribution in [2.75, 3.05) is 20.3 Å². The van der Waals surface area contributed by atoms with Crippen LogP contribution in [0, 0.1) is 0 Å². The number of phosphoric acid groups is 1. The number of phosphoric ester groups is 1. The lowest BCUT2D eigenvalue weighted by molar-refractivity contribution is -0.161. The fraction of sp³-hybridized carbons (Fsp3) is 0.907. The molecule has 2 atom stereocenters. The van der Waals surface area contributed by atoms with Gasteiger partial charge in [0.2, 0.25) is 0 Å². The largest absolute Gasteiger partial charge is 0.472 e. The molecule has 8 nitrogen and oxygen atoms in total.